The number of anilines is 1. The second kappa shape index (κ2) is 3.60. The van der Waals surface area contributed by atoms with Crippen LogP contribution in [0.25, 0.3) is 0 Å². The first-order valence-electron chi connectivity index (χ1n) is 5.40. The molecule has 0 saturated carbocycles. The zero-order chi connectivity index (χ0) is 10.1. The molecule has 1 aromatic heterocycles. The number of pyridine rings is 1. The molecule has 1 aliphatic rings. The molecule has 0 saturated heterocycles. The molecule has 2 rings (SSSR count). The Kier molecular flexibility index (Phi) is 2.44. The van der Waals surface area contributed by atoms with Gasteiger partial charge in [-0.1, -0.05) is 13.8 Å². The van der Waals surface area contributed by atoms with Crippen LogP contribution >= 0.6 is 0 Å². The Bertz CT molecular complexity index is 331. The molecular formula is C12H18N2. The third-order valence-corrected chi connectivity index (χ3v) is 3.31. The highest BCUT2D eigenvalue weighted by Gasteiger charge is 2.21. The SMILES string of the molecule is CC(C)C1CCc2cc(N)ncc2C1. The predicted molar refractivity (Wildman–Crippen MR) is 59.0 cm³/mol. The van der Waals surface area contributed by atoms with Crippen LogP contribution < -0.4 is 5.73 Å². The van der Waals surface area contributed by atoms with Gasteiger partial charge < -0.3 is 5.73 Å². The number of fused-ring (bicyclic) bond motifs is 1. The smallest absolute Gasteiger partial charge is 0.123 e. The summed E-state index contributed by atoms with van der Waals surface area (Å²) in [7, 11) is 0. The first-order chi connectivity index (χ1) is 6.66. The van der Waals surface area contributed by atoms with Gasteiger partial charge in [0, 0.05) is 6.20 Å². The van der Waals surface area contributed by atoms with Crippen LogP contribution in [0.1, 0.15) is 31.4 Å². The average Bonchev–Trinajstić information content (AvgIpc) is 2.16. The molecule has 0 radical (unpaired) electrons. The van der Waals surface area contributed by atoms with Crippen LogP contribution in [0.3, 0.4) is 0 Å². The summed E-state index contributed by atoms with van der Waals surface area (Å²) in [5, 5.41) is 0. The molecule has 1 aromatic rings. The Morgan fingerprint density at radius 1 is 1.43 bits per heavy atom. The van der Waals surface area contributed by atoms with E-state index in [0.717, 1.165) is 11.8 Å². The Morgan fingerprint density at radius 3 is 2.93 bits per heavy atom. The summed E-state index contributed by atoms with van der Waals surface area (Å²) in [5.74, 6) is 2.26. The minimum absolute atomic E-state index is 0.659. The Morgan fingerprint density at radius 2 is 2.21 bits per heavy atom. The van der Waals surface area contributed by atoms with E-state index >= 15 is 0 Å². The third kappa shape index (κ3) is 1.74. The number of hydrogen-bond acceptors (Lipinski definition) is 2. The second-order valence-electron chi connectivity index (χ2n) is 4.62. The summed E-state index contributed by atoms with van der Waals surface area (Å²) >= 11 is 0. The Balaban J connectivity index is 2.23. The number of nitrogens with two attached hydrogens (primary N) is 1. The van der Waals surface area contributed by atoms with Crippen LogP contribution in [0.2, 0.25) is 0 Å². The molecule has 0 amide bonds. The molecule has 1 atom stereocenters. The number of aromatic nitrogens is 1. The predicted octanol–water partition coefficient (Wildman–Crippen LogP) is 2.42. The monoisotopic (exact) mass is 190 g/mol. The Hall–Kier alpha value is -1.05. The number of nitrogen functional groups attached to an aromatic ring is 1. The maximum Gasteiger partial charge on any atom is 0.123 e. The number of aryl methyl sites for hydroxylation is 1. The molecular weight excluding hydrogens is 172 g/mol. The number of rotatable bonds is 1. The van der Waals surface area contributed by atoms with Crippen molar-refractivity contribution in [2.24, 2.45) is 11.8 Å². The van der Waals surface area contributed by atoms with Gasteiger partial charge in [-0.2, -0.15) is 0 Å². The molecule has 2 nitrogen and oxygen atoms in total. The van der Waals surface area contributed by atoms with Gasteiger partial charge in [-0.3, -0.25) is 0 Å². The fraction of sp³-hybridized carbons (Fsp3) is 0.583. The van der Waals surface area contributed by atoms with Gasteiger partial charge in [0.2, 0.25) is 0 Å². The zero-order valence-electron chi connectivity index (χ0n) is 8.96. The van der Waals surface area contributed by atoms with E-state index in [1.54, 1.807) is 0 Å². The molecule has 2 heteroatoms. The van der Waals surface area contributed by atoms with Crippen molar-refractivity contribution in [3.8, 4) is 0 Å². The lowest BCUT2D eigenvalue weighted by molar-refractivity contribution is 0.342. The fourth-order valence-electron chi connectivity index (χ4n) is 2.25. The molecule has 0 fully saturated rings. The lowest BCUT2D eigenvalue weighted by atomic mass is 9.79. The van der Waals surface area contributed by atoms with E-state index in [4.69, 9.17) is 5.73 Å². The highest BCUT2D eigenvalue weighted by Crippen LogP contribution is 2.30. The summed E-state index contributed by atoms with van der Waals surface area (Å²) in [6.45, 7) is 4.61. The van der Waals surface area contributed by atoms with E-state index in [2.05, 4.69) is 18.8 Å². The molecule has 0 spiro atoms. The molecule has 1 heterocycles. The first-order valence-corrected chi connectivity index (χ1v) is 5.40. The lowest BCUT2D eigenvalue weighted by Crippen LogP contribution is -2.19. The Labute approximate surface area is 85.5 Å². The first kappa shape index (κ1) is 9.50. The van der Waals surface area contributed by atoms with Crippen molar-refractivity contribution in [1.82, 2.24) is 4.98 Å². The van der Waals surface area contributed by atoms with Crippen LogP contribution in [-0.4, -0.2) is 4.98 Å². The maximum absolute atomic E-state index is 5.67. The highest BCUT2D eigenvalue weighted by molar-refractivity contribution is 5.38. The average molecular weight is 190 g/mol. The van der Waals surface area contributed by atoms with Crippen LogP contribution in [0.5, 0.6) is 0 Å². The van der Waals surface area contributed by atoms with Gasteiger partial charge in [0.05, 0.1) is 0 Å². The summed E-state index contributed by atoms with van der Waals surface area (Å²) in [4.78, 5) is 4.16. The normalized spacial score (nSPS) is 20.9. The molecule has 0 bridgehead atoms. The molecule has 2 N–H and O–H groups in total. The van der Waals surface area contributed by atoms with Crippen molar-refractivity contribution < 1.29 is 0 Å². The van der Waals surface area contributed by atoms with E-state index in [-0.39, 0.29) is 0 Å². The standard InChI is InChI=1S/C12H18N2/c1-8(2)9-3-4-10-6-12(13)14-7-11(10)5-9/h6-9H,3-5H2,1-2H3,(H2,13,14). The molecule has 14 heavy (non-hydrogen) atoms. The number of hydrogen-bond donors (Lipinski definition) is 1. The van der Waals surface area contributed by atoms with Crippen molar-refractivity contribution in [2.45, 2.75) is 33.1 Å². The van der Waals surface area contributed by atoms with Crippen molar-refractivity contribution >= 4 is 5.82 Å². The summed E-state index contributed by atoms with van der Waals surface area (Å²) in [6.07, 6.45) is 5.61. The van der Waals surface area contributed by atoms with Gasteiger partial charge in [-0.05, 0) is 48.3 Å². The fourth-order valence-corrected chi connectivity index (χ4v) is 2.25. The van der Waals surface area contributed by atoms with Crippen LogP contribution in [-0.2, 0) is 12.8 Å². The summed E-state index contributed by atoms with van der Waals surface area (Å²) in [6, 6.07) is 2.03. The quantitative estimate of drug-likeness (QED) is 0.738. The third-order valence-electron chi connectivity index (χ3n) is 3.31. The number of nitrogens with zero attached hydrogens (tertiary/aromatic N) is 1. The summed E-state index contributed by atoms with van der Waals surface area (Å²) in [5.41, 5.74) is 8.48. The zero-order valence-corrected chi connectivity index (χ0v) is 8.96. The van der Waals surface area contributed by atoms with Gasteiger partial charge in [-0.15, -0.1) is 0 Å². The van der Waals surface area contributed by atoms with Crippen molar-refractivity contribution in [2.75, 3.05) is 5.73 Å². The minimum Gasteiger partial charge on any atom is -0.384 e. The van der Waals surface area contributed by atoms with Gasteiger partial charge in [0.1, 0.15) is 5.82 Å². The molecule has 1 unspecified atom stereocenters. The van der Waals surface area contributed by atoms with Gasteiger partial charge in [-0.25, -0.2) is 4.98 Å². The molecule has 0 aromatic carbocycles. The molecule has 76 valence electrons. The van der Waals surface area contributed by atoms with Gasteiger partial charge in [0.15, 0.2) is 0 Å². The minimum atomic E-state index is 0.659. The second-order valence-corrected chi connectivity index (χ2v) is 4.62. The summed E-state index contributed by atoms with van der Waals surface area (Å²) < 4.78 is 0. The van der Waals surface area contributed by atoms with Gasteiger partial charge >= 0.3 is 0 Å². The van der Waals surface area contributed by atoms with E-state index in [0.29, 0.717) is 5.82 Å². The van der Waals surface area contributed by atoms with E-state index < -0.39 is 0 Å². The van der Waals surface area contributed by atoms with E-state index in [1.807, 2.05) is 12.3 Å². The van der Waals surface area contributed by atoms with Crippen molar-refractivity contribution in [3.05, 3.63) is 23.4 Å². The van der Waals surface area contributed by atoms with E-state index in [1.165, 1.54) is 30.4 Å². The van der Waals surface area contributed by atoms with Crippen molar-refractivity contribution in [3.63, 3.8) is 0 Å². The van der Waals surface area contributed by atoms with Crippen LogP contribution in [0.15, 0.2) is 12.3 Å². The van der Waals surface area contributed by atoms with E-state index in [9.17, 15) is 0 Å². The lowest BCUT2D eigenvalue weighted by Gasteiger charge is -2.27. The van der Waals surface area contributed by atoms with Crippen LogP contribution in [0, 0.1) is 11.8 Å². The topological polar surface area (TPSA) is 38.9 Å². The van der Waals surface area contributed by atoms with Crippen molar-refractivity contribution in [1.29, 1.82) is 0 Å². The largest absolute Gasteiger partial charge is 0.384 e. The van der Waals surface area contributed by atoms with Crippen LogP contribution in [0.4, 0.5) is 5.82 Å². The highest BCUT2D eigenvalue weighted by atomic mass is 14.8. The maximum atomic E-state index is 5.67. The molecule has 0 aliphatic heterocycles. The molecule has 1 aliphatic carbocycles. The van der Waals surface area contributed by atoms with Gasteiger partial charge in [0.25, 0.3) is 0 Å².